The molecule has 194 valence electrons. The molecule has 0 spiro atoms. The zero-order chi connectivity index (χ0) is 25.7. The summed E-state index contributed by atoms with van der Waals surface area (Å²) in [6.07, 6.45) is 6.47. The number of benzene rings is 1. The molecule has 37 heavy (non-hydrogen) atoms. The van der Waals surface area contributed by atoms with Crippen molar-refractivity contribution in [3.63, 3.8) is 0 Å². The summed E-state index contributed by atoms with van der Waals surface area (Å²) in [7, 11) is 1.58. The van der Waals surface area contributed by atoms with E-state index in [-0.39, 0.29) is 29.4 Å². The van der Waals surface area contributed by atoms with Gasteiger partial charge in [0.05, 0.1) is 30.6 Å². The lowest BCUT2D eigenvalue weighted by atomic mass is 9.74. The van der Waals surface area contributed by atoms with E-state index in [4.69, 9.17) is 4.74 Å². The third kappa shape index (κ3) is 4.47. The van der Waals surface area contributed by atoms with Crippen LogP contribution in [0.5, 0.6) is 11.5 Å². The minimum absolute atomic E-state index is 0.00960. The molecule has 2 saturated heterocycles. The molecule has 10 heteroatoms. The van der Waals surface area contributed by atoms with Crippen molar-refractivity contribution in [2.75, 3.05) is 12.0 Å². The van der Waals surface area contributed by atoms with E-state index in [2.05, 4.69) is 42.5 Å². The summed E-state index contributed by atoms with van der Waals surface area (Å²) in [4.78, 5) is 6.65. The smallest absolute Gasteiger partial charge is 0.185 e. The van der Waals surface area contributed by atoms with Crippen LogP contribution >= 0.6 is 0 Å². The number of anilines is 1. The first-order valence-electron chi connectivity index (χ1n) is 13.0. The van der Waals surface area contributed by atoms with E-state index < -0.39 is 6.17 Å². The molecular formula is C27H32FN7O2. The maximum Gasteiger partial charge on any atom is 0.185 e. The summed E-state index contributed by atoms with van der Waals surface area (Å²) in [5.41, 5.74) is 2.37. The summed E-state index contributed by atoms with van der Waals surface area (Å²) in [5.74, 6) is 1.54. The number of halogens is 1. The van der Waals surface area contributed by atoms with Gasteiger partial charge in [-0.05, 0) is 64.5 Å². The second-order valence-electron chi connectivity index (χ2n) is 10.8. The first kappa shape index (κ1) is 24.0. The van der Waals surface area contributed by atoms with E-state index in [0.717, 1.165) is 38.5 Å². The molecule has 1 saturated carbocycles. The summed E-state index contributed by atoms with van der Waals surface area (Å²) in [6.45, 7) is 4.03. The third-order valence-electron chi connectivity index (χ3n) is 7.99. The van der Waals surface area contributed by atoms with Gasteiger partial charge in [0.2, 0.25) is 0 Å². The number of fused-ring (bicyclic) bond motifs is 2. The Labute approximate surface area is 215 Å². The van der Waals surface area contributed by atoms with Crippen LogP contribution in [0.25, 0.3) is 22.6 Å². The van der Waals surface area contributed by atoms with Crippen molar-refractivity contribution in [1.82, 2.24) is 30.7 Å². The Kier molecular flexibility index (Phi) is 5.94. The van der Waals surface area contributed by atoms with Gasteiger partial charge in [-0.2, -0.15) is 5.10 Å². The molecule has 4 atom stereocenters. The predicted octanol–water partition coefficient (Wildman–Crippen LogP) is 4.00. The molecule has 1 aliphatic carbocycles. The number of aromatic hydroxyl groups is 1. The van der Waals surface area contributed by atoms with Gasteiger partial charge in [0.1, 0.15) is 23.4 Å². The topological polar surface area (TPSA) is 109 Å². The van der Waals surface area contributed by atoms with Crippen LogP contribution in [0, 0.1) is 6.92 Å². The van der Waals surface area contributed by atoms with Crippen molar-refractivity contribution in [3.8, 4) is 34.1 Å². The lowest BCUT2D eigenvalue weighted by molar-refractivity contribution is 0.0584. The Hall–Kier alpha value is -3.40. The van der Waals surface area contributed by atoms with Gasteiger partial charge in [-0.15, -0.1) is 15.3 Å². The van der Waals surface area contributed by atoms with Gasteiger partial charge in [0.25, 0.3) is 0 Å². The standard InChI is InChI=1S/C27H32FN7O2/c1-15-23(37-3)12-20(32-31-15)16-6-9-18(22(36)11-16)26-29-14-24(33-34-26)35(17-7-8-17)21-13-27(2)10-4-5-19(30-27)25(21)28/h6,9,11-12,14,17,19,21,25,30,36H,4-5,7-8,10,13H2,1-3H3/t19-,21+,25-,27+/m1/s1. The van der Waals surface area contributed by atoms with Gasteiger partial charge in [-0.3, -0.25) is 0 Å². The van der Waals surface area contributed by atoms with Gasteiger partial charge in [0.15, 0.2) is 11.6 Å². The van der Waals surface area contributed by atoms with Gasteiger partial charge in [-0.25, -0.2) is 9.37 Å². The summed E-state index contributed by atoms with van der Waals surface area (Å²) >= 11 is 0. The molecular weight excluding hydrogens is 473 g/mol. The Balaban J connectivity index is 1.26. The van der Waals surface area contributed by atoms with Crippen molar-refractivity contribution >= 4 is 5.82 Å². The van der Waals surface area contributed by atoms with Crippen LogP contribution in [-0.4, -0.2) is 67.4 Å². The van der Waals surface area contributed by atoms with Gasteiger partial charge >= 0.3 is 0 Å². The summed E-state index contributed by atoms with van der Waals surface area (Å²) in [5, 5.41) is 31.5. The highest BCUT2D eigenvalue weighted by Crippen LogP contribution is 2.42. The van der Waals surface area contributed by atoms with E-state index >= 15 is 4.39 Å². The highest BCUT2D eigenvalue weighted by Gasteiger charge is 2.50. The molecule has 2 bridgehead atoms. The van der Waals surface area contributed by atoms with E-state index in [1.54, 1.807) is 31.5 Å². The van der Waals surface area contributed by atoms with Crippen LogP contribution in [0.2, 0.25) is 0 Å². The number of nitrogens with zero attached hydrogens (tertiary/aromatic N) is 6. The molecule has 3 aromatic rings. The molecule has 0 radical (unpaired) electrons. The van der Waals surface area contributed by atoms with Gasteiger partial charge < -0.3 is 20.1 Å². The predicted molar refractivity (Wildman–Crippen MR) is 137 cm³/mol. The zero-order valence-corrected chi connectivity index (χ0v) is 21.4. The minimum atomic E-state index is -0.962. The Morgan fingerprint density at radius 2 is 1.97 bits per heavy atom. The van der Waals surface area contributed by atoms with Crippen molar-refractivity contribution in [2.24, 2.45) is 0 Å². The fourth-order valence-electron chi connectivity index (χ4n) is 5.95. The molecule has 3 aliphatic rings. The number of ether oxygens (including phenoxy) is 1. The molecule has 3 fully saturated rings. The minimum Gasteiger partial charge on any atom is -0.507 e. The average molecular weight is 506 g/mol. The van der Waals surface area contributed by atoms with E-state index in [1.807, 2.05) is 13.0 Å². The molecule has 2 aromatic heterocycles. The Morgan fingerprint density at radius 3 is 2.68 bits per heavy atom. The Bertz CT molecular complexity index is 1300. The number of nitrogens with one attached hydrogen (secondary N) is 1. The third-order valence-corrected chi connectivity index (χ3v) is 7.99. The molecule has 1 aromatic carbocycles. The van der Waals surface area contributed by atoms with Crippen LogP contribution in [0.15, 0.2) is 30.5 Å². The number of phenolic OH excluding ortho intramolecular Hbond substituents is 1. The first-order valence-corrected chi connectivity index (χ1v) is 13.0. The number of methoxy groups -OCH3 is 1. The van der Waals surface area contributed by atoms with Crippen LogP contribution in [-0.2, 0) is 0 Å². The van der Waals surface area contributed by atoms with Gasteiger partial charge in [-0.1, -0.05) is 6.07 Å². The lowest BCUT2D eigenvalue weighted by Gasteiger charge is -2.52. The molecule has 0 unspecified atom stereocenters. The maximum absolute atomic E-state index is 15.6. The van der Waals surface area contributed by atoms with Crippen molar-refractivity contribution in [3.05, 3.63) is 36.2 Å². The second-order valence-corrected chi connectivity index (χ2v) is 10.8. The normalized spacial score (nSPS) is 27.1. The van der Waals surface area contributed by atoms with Gasteiger partial charge in [0, 0.05) is 29.3 Å². The SMILES string of the molecule is COc1cc(-c2ccc(-c3ncc(N(C4CC4)[C@H]4C[C@]5(C)CCC[C@@H](N5)[C@H]4F)nn3)c(O)c2)nnc1C. The highest BCUT2D eigenvalue weighted by atomic mass is 19.1. The second kappa shape index (κ2) is 9.16. The fourth-order valence-corrected chi connectivity index (χ4v) is 5.95. The van der Waals surface area contributed by atoms with E-state index in [1.165, 1.54) is 0 Å². The first-order chi connectivity index (χ1) is 17.8. The van der Waals surface area contributed by atoms with E-state index in [9.17, 15) is 5.11 Å². The van der Waals surface area contributed by atoms with Crippen LogP contribution in [0.3, 0.4) is 0 Å². The number of phenols is 1. The summed E-state index contributed by atoms with van der Waals surface area (Å²) < 4.78 is 21.0. The molecule has 9 nitrogen and oxygen atoms in total. The Morgan fingerprint density at radius 1 is 1.14 bits per heavy atom. The largest absolute Gasteiger partial charge is 0.507 e. The molecule has 6 rings (SSSR count). The van der Waals surface area contributed by atoms with E-state index in [0.29, 0.717) is 39.9 Å². The molecule has 2 N–H and O–H groups in total. The lowest BCUT2D eigenvalue weighted by Crippen LogP contribution is -2.67. The molecule has 4 heterocycles. The number of hydrogen-bond acceptors (Lipinski definition) is 9. The highest BCUT2D eigenvalue weighted by molar-refractivity contribution is 5.71. The number of piperidine rings is 2. The quantitative estimate of drug-likeness (QED) is 0.514. The zero-order valence-electron chi connectivity index (χ0n) is 21.4. The molecule has 2 aliphatic heterocycles. The summed E-state index contributed by atoms with van der Waals surface area (Å²) in [6, 6.07) is 6.85. The number of rotatable bonds is 6. The van der Waals surface area contributed by atoms with Crippen molar-refractivity contribution in [2.45, 2.75) is 82.2 Å². The number of aromatic nitrogens is 5. The number of hydrogen-bond donors (Lipinski definition) is 2. The monoisotopic (exact) mass is 505 g/mol. The maximum atomic E-state index is 15.6. The van der Waals surface area contributed by atoms with Crippen LogP contribution < -0.4 is 15.0 Å². The molecule has 0 amide bonds. The fraction of sp³-hybridized carbons (Fsp3) is 0.519. The average Bonchev–Trinajstić information content (AvgIpc) is 3.73. The van der Waals surface area contributed by atoms with Crippen molar-refractivity contribution in [1.29, 1.82) is 0 Å². The van der Waals surface area contributed by atoms with Crippen molar-refractivity contribution < 1.29 is 14.2 Å². The van der Waals surface area contributed by atoms with Crippen LogP contribution in [0.4, 0.5) is 10.2 Å². The number of alkyl halides is 1. The van der Waals surface area contributed by atoms with Crippen LogP contribution in [0.1, 0.15) is 51.1 Å². The number of aryl methyl sites for hydroxylation is 1.